The molecule has 1 atom stereocenters. The Morgan fingerprint density at radius 2 is 2.14 bits per heavy atom. The Bertz CT molecular complexity index is 655. The minimum atomic E-state index is -0.250. The predicted octanol–water partition coefficient (Wildman–Crippen LogP) is 0.635. The van der Waals surface area contributed by atoms with Gasteiger partial charge >= 0.3 is 0 Å². The number of rotatable bonds is 4. The number of carbonyl (C=O) groups is 1. The van der Waals surface area contributed by atoms with Gasteiger partial charge < -0.3 is 20.6 Å². The lowest BCUT2D eigenvalue weighted by atomic mass is 10.0. The third-order valence-corrected chi connectivity index (χ3v) is 3.92. The standard InChI is InChI=1S/C16H17N3O2S/c20-9-8-19-10-13-14(15(19)21)12(17-16(22)18-13)7-6-11-4-2-1-3-5-11/h1-7,12,20H,8-10H2,(H2,17,18,22)/b7-6+. The summed E-state index contributed by atoms with van der Waals surface area (Å²) < 4.78 is 0. The van der Waals surface area contributed by atoms with E-state index < -0.39 is 0 Å². The van der Waals surface area contributed by atoms with E-state index in [1.165, 1.54) is 0 Å². The fourth-order valence-corrected chi connectivity index (χ4v) is 2.93. The van der Waals surface area contributed by atoms with Crippen LogP contribution in [-0.4, -0.2) is 46.8 Å². The molecule has 0 bridgehead atoms. The number of carbonyl (C=O) groups excluding carboxylic acids is 1. The third-order valence-electron chi connectivity index (χ3n) is 3.70. The molecule has 1 unspecified atom stereocenters. The van der Waals surface area contributed by atoms with E-state index in [0.29, 0.717) is 23.8 Å². The summed E-state index contributed by atoms with van der Waals surface area (Å²) in [4.78, 5) is 14.1. The van der Waals surface area contributed by atoms with E-state index in [2.05, 4.69) is 10.6 Å². The van der Waals surface area contributed by atoms with Gasteiger partial charge in [0.25, 0.3) is 5.91 Å². The molecule has 0 radical (unpaired) electrons. The topological polar surface area (TPSA) is 64.6 Å². The smallest absolute Gasteiger partial charge is 0.254 e. The fourth-order valence-electron chi connectivity index (χ4n) is 2.68. The van der Waals surface area contributed by atoms with Crippen LogP contribution < -0.4 is 10.6 Å². The lowest BCUT2D eigenvalue weighted by Gasteiger charge is -2.24. The van der Waals surface area contributed by atoms with Gasteiger partial charge in [-0.25, -0.2) is 0 Å². The normalized spacial score (nSPS) is 21.1. The molecule has 6 heteroatoms. The summed E-state index contributed by atoms with van der Waals surface area (Å²) in [5.41, 5.74) is 2.56. The number of hydrogen-bond donors (Lipinski definition) is 3. The number of hydrogen-bond acceptors (Lipinski definition) is 3. The van der Waals surface area contributed by atoms with Gasteiger partial charge in [-0.2, -0.15) is 0 Å². The molecule has 0 aromatic heterocycles. The summed E-state index contributed by atoms with van der Waals surface area (Å²) in [6.07, 6.45) is 3.91. The maximum Gasteiger partial charge on any atom is 0.254 e. The van der Waals surface area contributed by atoms with Crippen molar-refractivity contribution in [3.63, 3.8) is 0 Å². The van der Waals surface area contributed by atoms with Gasteiger partial charge in [0, 0.05) is 12.2 Å². The molecule has 3 rings (SSSR count). The van der Waals surface area contributed by atoms with Crippen molar-refractivity contribution in [1.82, 2.24) is 15.5 Å². The van der Waals surface area contributed by atoms with Crippen molar-refractivity contribution >= 4 is 29.3 Å². The van der Waals surface area contributed by atoms with Gasteiger partial charge in [-0.3, -0.25) is 4.79 Å². The van der Waals surface area contributed by atoms with Gasteiger partial charge in [-0.1, -0.05) is 42.5 Å². The quantitative estimate of drug-likeness (QED) is 0.712. The summed E-state index contributed by atoms with van der Waals surface area (Å²) >= 11 is 5.21. The molecule has 1 amide bonds. The van der Waals surface area contributed by atoms with Crippen LogP contribution in [0.1, 0.15) is 5.56 Å². The second kappa shape index (κ2) is 6.29. The zero-order chi connectivity index (χ0) is 15.5. The highest BCUT2D eigenvalue weighted by atomic mass is 32.1. The van der Waals surface area contributed by atoms with E-state index in [4.69, 9.17) is 17.3 Å². The Hall–Kier alpha value is -2.18. The molecule has 3 N–H and O–H groups in total. The molecule has 1 aromatic rings. The van der Waals surface area contributed by atoms with Crippen LogP contribution in [0.4, 0.5) is 0 Å². The number of aliphatic hydroxyl groups excluding tert-OH is 1. The molecule has 2 aliphatic heterocycles. The number of benzene rings is 1. The lowest BCUT2D eigenvalue weighted by molar-refractivity contribution is -0.126. The lowest BCUT2D eigenvalue weighted by Crippen LogP contribution is -2.47. The van der Waals surface area contributed by atoms with Crippen LogP contribution in [0.15, 0.2) is 47.7 Å². The Labute approximate surface area is 134 Å². The fraction of sp³-hybridized carbons (Fsp3) is 0.250. The summed E-state index contributed by atoms with van der Waals surface area (Å²) in [7, 11) is 0. The average molecular weight is 315 g/mol. The first kappa shape index (κ1) is 14.7. The van der Waals surface area contributed by atoms with Crippen molar-refractivity contribution in [1.29, 1.82) is 0 Å². The highest BCUT2D eigenvalue weighted by Crippen LogP contribution is 2.24. The van der Waals surface area contributed by atoms with E-state index in [1.54, 1.807) is 4.90 Å². The van der Waals surface area contributed by atoms with E-state index in [1.807, 2.05) is 42.5 Å². The van der Waals surface area contributed by atoms with Gasteiger partial charge in [-0.15, -0.1) is 0 Å². The molecular weight excluding hydrogens is 298 g/mol. The summed E-state index contributed by atoms with van der Waals surface area (Å²) in [6, 6.07) is 9.64. The molecular formula is C16H17N3O2S. The van der Waals surface area contributed by atoms with Crippen LogP contribution in [0.25, 0.3) is 6.08 Å². The van der Waals surface area contributed by atoms with Crippen molar-refractivity contribution in [2.75, 3.05) is 19.7 Å². The van der Waals surface area contributed by atoms with E-state index in [0.717, 1.165) is 11.3 Å². The number of β-amino-alcohol motifs (C(OH)–C–C–N with tert-alkyl or cyclic N) is 1. The zero-order valence-electron chi connectivity index (χ0n) is 12.0. The summed E-state index contributed by atoms with van der Waals surface area (Å²) in [5.74, 6) is -0.0609. The molecule has 0 fully saturated rings. The SMILES string of the molecule is O=C1C2=C(CN1CCO)NC(=S)NC2/C=C/c1ccccc1. The summed E-state index contributed by atoms with van der Waals surface area (Å²) in [5, 5.41) is 15.7. The van der Waals surface area contributed by atoms with Gasteiger partial charge in [0.05, 0.1) is 24.8 Å². The highest BCUT2D eigenvalue weighted by molar-refractivity contribution is 7.80. The molecule has 2 aliphatic rings. The summed E-state index contributed by atoms with van der Waals surface area (Å²) in [6.45, 7) is 0.746. The number of nitrogens with one attached hydrogen (secondary N) is 2. The number of thiocarbonyl (C=S) groups is 1. The molecule has 114 valence electrons. The maximum atomic E-state index is 12.5. The van der Waals surface area contributed by atoms with Crippen LogP contribution in [0.3, 0.4) is 0 Å². The van der Waals surface area contributed by atoms with Crippen LogP contribution in [0, 0.1) is 0 Å². The average Bonchev–Trinajstić information content (AvgIpc) is 2.82. The minimum Gasteiger partial charge on any atom is -0.395 e. The molecule has 0 spiro atoms. The van der Waals surface area contributed by atoms with Crippen molar-refractivity contribution < 1.29 is 9.90 Å². The zero-order valence-corrected chi connectivity index (χ0v) is 12.8. The predicted molar refractivity (Wildman–Crippen MR) is 88.8 cm³/mol. The molecule has 5 nitrogen and oxygen atoms in total. The van der Waals surface area contributed by atoms with Crippen LogP contribution in [0.5, 0.6) is 0 Å². The maximum absolute atomic E-state index is 12.5. The van der Waals surface area contributed by atoms with Crippen LogP contribution in [0.2, 0.25) is 0 Å². The minimum absolute atomic E-state index is 0.0469. The molecule has 0 saturated heterocycles. The Kier molecular flexibility index (Phi) is 4.22. The first-order valence-corrected chi connectivity index (χ1v) is 7.54. The van der Waals surface area contributed by atoms with E-state index in [-0.39, 0.29) is 18.6 Å². The first-order valence-electron chi connectivity index (χ1n) is 7.13. The number of amides is 1. The molecule has 0 saturated carbocycles. The Balaban J connectivity index is 1.84. The number of nitrogens with zero attached hydrogens (tertiary/aromatic N) is 1. The number of aliphatic hydroxyl groups is 1. The van der Waals surface area contributed by atoms with E-state index >= 15 is 0 Å². The monoisotopic (exact) mass is 315 g/mol. The molecule has 0 aliphatic carbocycles. The van der Waals surface area contributed by atoms with Gasteiger partial charge in [0.2, 0.25) is 0 Å². The van der Waals surface area contributed by atoms with Crippen molar-refractivity contribution in [2.45, 2.75) is 6.04 Å². The van der Waals surface area contributed by atoms with Gasteiger partial charge in [-0.05, 0) is 17.8 Å². The Morgan fingerprint density at radius 3 is 2.86 bits per heavy atom. The molecule has 2 heterocycles. The largest absolute Gasteiger partial charge is 0.395 e. The van der Waals surface area contributed by atoms with Crippen molar-refractivity contribution in [3.05, 3.63) is 53.2 Å². The third kappa shape index (κ3) is 2.88. The molecule has 22 heavy (non-hydrogen) atoms. The second-order valence-electron chi connectivity index (χ2n) is 5.19. The van der Waals surface area contributed by atoms with Crippen LogP contribution >= 0.6 is 12.2 Å². The van der Waals surface area contributed by atoms with E-state index in [9.17, 15) is 4.79 Å². The van der Waals surface area contributed by atoms with Crippen molar-refractivity contribution in [3.8, 4) is 0 Å². The van der Waals surface area contributed by atoms with Crippen LogP contribution in [-0.2, 0) is 4.79 Å². The Morgan fingerprint density at radius 1 is 1.36 bits per heavy atom. The first-order chi connectivity index (χ1) is 10.7. The molecule has 1 aromatic carbocycles. The second-order valence-corrected chi connectivity index (χ2v) is 5.60. The van der Waals surface area contributed by atoms with Crippen molar-refractivity contribution in [2.24, 2.45) is 0 Å². The van der Waals surface area contributed by atoms with Gasteiger partial charge in [0.15, 0.2) is 5.11 Å². The highest BCUT2D eigenvalue weighted by Gasteiger charge is 2.37. The van der Waals surface area contributed by atoms with Gasteiger partial charge in [0.1, 0.15) is 0 Å².